The van der Waals surface area contributed by atoms with Crippen LogP contribution >= 0.6 is 0 Å². The van der Waals surface area contributed by atoms with Crippen LogP contribution in [0.3, 0.4) is 0 Å². The zero-order valence-electron chi connectivity index (χ0n) is 13.0. The highest BCUT2D eigenvalue weighted by molar-refractivity contribution is 7.89. The first-order valence-corrected chi connectivity index (χ1v) is 9.07. The number of aryl methyl sites for hydroxylation is 1. The van der Waals surface area contributed by atoms with Crippen LogP contribution in [0.1, 0.15) is 49.7 Å². The van der Waals surface area contributed by atoms with Gasteiger partial charge in [0.2, 0.25) is 10.0 Å². The summed E-state index contributed by atoms with van der Waals surface area (Å²) in [6.45, 7) is 3.37. The fourth-order valence-corrected chi connectivity index (χ4v) is 4.51. The van der Waals surface area contributed by atoms with Crippen LogP contribution in [0.5, 0.6) is 0 Å². The van der Waals surface area contributed by atoms with Gasteiger partial charge in [-0.25, -0.2) is 13.1 Å². The van der Waals surface area contributed by atoms with E-state index in [2.05, 4.69) is 4.72 Å². The molecule has 22 heavy (non-hydrogen) atoms. The maximum absolute atomic E-state index is 12.6. The van der Waals surface area contributed by atoms with Crippen molar-refractivity contribution < 1.29 is 13.3 Å². The standard InChI is InChI=1S/C15H22N2O4S/c1-11-9-14(17(18)19)10-15(12(11)2)22(20,21)16-13-7-5-3-4-6-8-13/h9-10,13,16H,3-8H2,1-2H3. The van der Waals surface area contributed by atoms with E-state index in [4.69, 9.17) is 0 Å². The van der Waals surface area contributed by atoms with Crippen molar-refractivity contribution in [3.63, 3.8) is 0 Å². The number of nitro groups is 1. The summed E-state index contributed by atoms with van der Waals surface area (Å²) in [4.78, 5) is 10.4. The van der Waals surface area contributed by atoms with E-state index in [9.17, 15) is 18.5 Å². The Balaban J connectivity index is 2.34. The van der Waals surface area contributed by atoms with E-state index in [1.807, 2.05) is 0 Å². The number of nitrogens with one attached hydrogen (secondary N) is 1. The predicted molar refractivity (Wildman–Crippen MR) is 84.4 cm³/mol. The molecule has 0 atom stereocenters. The molecular weight excluding hydrogens is 304 g/mol. The Kier molecular flexibility index (Phi) is 5.18. The number of hydrogen-bond acceptors (Lipinski definition) is 4. The molecule has 1 aliphatic rings. The van der Waals surface area contributed by atoms with Crippen molar-refractivity contribution in [2.75, 3.05) is 0 Å². The van der Waals surface area contributed by atoms with Gasteiger partial charge >= 0.3 is 0 Å². The van der Waals surface area contributed by atoms with Gasteiger partial charge in [0, 0.05) is 18.2 Å². The van der Waals surface area contributed by atoms with Gasteiger partial charge < -0.3 is 0 Å². The third kappa shape index (κ3) is 3.84. The molecule has 1 aromatic rings. The largest absolute Gasteiger partial charge is 0.271 e. The number of non-ortho nitro benzene ring substituents is 1. The highest BCUT2D eigenvalue weighted by atomic mass is 32.2. The second-order valence-corrected chi connectivity index (χ2v) is 7.64. The van der Waals surface area contributed by atoms with Gasteiger partial charge in [0.05, 0.1) is 9.82 Å². The van der Waals surface area contributed by atoms with Crippen LogP contribution in [0.2, 0.25) is 0 Å². The van der Waals surface area contributed by atoms with E-state index < -0.39 is 14.9 Å². The number of hydrogen-bond donors (Lipinski definition) is 1. The quantitative estimate of drug-likeness (QED) is 0.522. The van der Waals surface area contributed by atoms with Gasteiger partial charge in [0.15, 0.2) is 0 Å². The van der Waals surface area contributed by atoms with Gasteiger partial charge in [-0.2, -0.15) is 0 Å². The van der Waals surface area contributed by atoms with Gasteiger partial charge in [-0.05, 0) is 37.8 Å². The van der Waals surface area contributed by atoms with Crippen LogP contribution in [0.4, 0.5) is 5.69 Å². The van der Waals surface area contributed by atoms with Crippen LogP contribution in [0.15, 0.2) is 17.0 Å². The number of benzene rings is 1. The van der Waals surface area contributed by atoms with E-state index in [0.29, 0.717) is 11.1 Å². The molecule has 1 N–H and O–H groups in total. The Labute approximate surface area is 131 Å². The molecule has 0 spiro atoms. The van der Waals surface area contributed by atoms with Gasteiger partial charge in [-0.15, -0.1) is 0 Å². The monoisotopic (exact) mass is 326 g/mol. The van der Waals surface area contributed by atoms with Gasteiger partial charge in [-0.1, -0.05) is 25.7 Å². The van der Waals surface area contributed by atoms with E-state index in [1.165, 1.54) is 6.07 Å². The lowest BCUT2D eigenvalue weighted by Crippen LogP contribution is -2.34. The second-order valence-electron chi connectivity index (χ2n) is 5.95. The Morgan fingerprint density at radius 3 is 2.27 bits per heavy atom. The fraction of sp³-hybridized carbons (Fsp3) is 0.600. The summed E-state index contributed by atoms with van der Waals surface area (Å²) < 4.78 is 28.0. The smallest absolute Gasteiger partial charge is 0.258 e. The van der Waals surface area contributed by atoms with Crippen molar-refractivity contribution in [2.24, 2.45) is 0 Å². The second kappa shape index (κ2) is 6.75. The third-order valence-electron chi connectivity index (χ3n) is 4.28. The summed E-state index contributed by atoms with van der Waals surface area (Å²) in [6, 6.07) is 2.48. The number of rotatable bonds is 4. The van der Waals surface area contributed by atoms with Crippen LogP contribution in [-0.4, -0.2) is 19.4 Å². The molecule has 0 saturated heterocycles. The minimum absolute atomic E-state index is 0.0171. The Morgan fingerprint density at radius 2 is 1.73 bits per heavy atom. The normalized spacial score (nSPS) is 17.2. The molecule has 0 heterocycles. The minimum atomic E-state index is -3.74. The third-order valence-corrected chi connectivity index (χ3v) is 5.93. The summed E-state index contributed by atoms with van der Waals surface area (Å²) in [5.74, 6) is 0. The van der Waals surface area contributed by atoms with E-state index >= 15 is 0 Å². The van der Waals surface area contributed by atoms with Crippen molar-refractivity contribution in [1.82, 2.24) is 4.72 Å². The van der Waals surface area contributed by atoms with Crippen molar-refractivity contribution in [2.45, 2.75) is 63.3 Å². The molecule has 2 rings (SSSR count). The molecular formula is C15H22N2O4S. The van der Waals surface area contributed by atoms with Crippen molar-refractivity contribution in [1.29, 1.82) is 0 Å². The molecule has 0 amide bonds. The molecule has 0 unspecified atom stereocenters. The van der Waals surface area contributed by atoms with Crippen LogP contribution < -0.4 is 4.72 Å². The summed E-state index contributed by atoms with van der Waals surface area (Å²) in [6.07, 6.45) is 5.94. The van der Waals surface area contributed by atoms with Crippen molar-refractivity contribution in [3.05, 3.63) is 33.4 Å². The van der Waals surface area contributed by atoms with Gasteiger partial charge in [0.25, 0.3) is 5.69 Å². The minimum Gasteiger partial charge on any atom is -0.258 e. The highest BCUT2D eigenvalue weighted by Gasteiger charge is 2.25. The summed E-state index contributed by atoms with van der Waals surface area (Å²) in [5.41, 5.74) is 0.978. The van der Waals surface area contributed by atoms with E-state index in [0.717, 1.165) is 44.6 Å². The molecule has 0 radical (unpaired) electrons. The zero-order valence-corrected chi connectivity index (χ0v) is 13.8. The number of nitro benzene ring substituents is 1. The van der Waals surface area contributed by atoms with E-state index in [1.54, 1.807) is 13.8 Å². The summed E-state index contributed by atoms with van der Waals surface area (Å²) in [7, 11) is -3.74. The first-order chi connectivity index (χ1) is 10.3. The predicted octanol–water partition coefficient (Wildman–Crippen LogP) is 3.21. The first-order valence-electron chi connectivity index (χ1n) is 7.59. The molecule has 122 valence electrons. The van der Waals surface area contributed by atoms with Crippen LogP contribution in [-0.2, 0) is 10.0 Å². The van der Waals surface area contributed by atoms with E-state index in [-0.39, 0.29) is 16.6 Å². The average Bonchev–Trinajstić information content (AvgIpc) is 2.69. The number of nitrogens with zero attached hydrogens (tertiary/aromatic N) is 1. The van der Waals surface area contributed by atoms with Gasteiger partial charge in [0.1, 0.15) is 0 Å². The average molecular weight is 326 g/mol. The van der Waals surface area contributed by atoms with Crippen molar-refractivity contribution in [3.8, 4) is 0 Å². The lowest BCUT2D eigenvalue weighted by atomic mass is 10.1. The molecule has 1 saturated carbocycles. The lowest BCUT2D eigenvalue weighted by Gasteiger charge is -2.18. The molecule has 1 fully saturated rings. The molecule has 0 aliphatic heterocycles. The molecule has 0 aromatic heterocycles. The molecule has 1 aromatic carbocycles. The molecule has 1 aliphatic carbocycles. The maximum Gasteiger partial charge on any atom is 0.271 e. The summed E-state index contributed by atoms with van der Waals surface area (Å²) >= 11 is 0. The Hall–Kier alpha value is -1.47. The number of sulfonamides is 1. The lowest BCUT2D eigenvalue weighted by molar-refractivity contribution is -0.385. The fourth-order valence-electron chi connectivity index (χ4n) is 2.87. The zero-order chi connectivity index (χ0) is 16.3. The van der Waals surface area contributed by atoms with Crippen LogP contribution in [0.25, 0.3) is 0 Å². The Bertz CT molecular complexity index is 662. The SMILES string of the molecule is Cc1cc([N+](=O)[O-])cc(S(=O)(=O)NC2CCCCCC2)c1C. The maximum atomic E-state index is 12.6. The molecule has 7 heteroatoms. The van der Waals surface area contributed by atoms with Gasteiger partial charge in [-0.3, -0.25) is 10.1 Å². The van der Waals surface area contributed by atoms with Crippen LogP contribution in [0, 0.1) is 24.0 Å². The Morgan fingerprint density at radius 1 is 1.14 bits per heavy atom. The first kappa shape index (κ1) is 16.9. The molecule has 6 nitrogen and oxygen atoms in total. The van der Waals surface area contributed by atoms with Crippen molar-refractivity contribution >= 4 is 15.7 Å². The molecule has 0 bridgehead atoms. The topological polar surface area (TPSA) is 89.3 Å². The highest BCUT2D eigenvalue weighted by Crippen LogP contribution is 2.26. The summed E-state index contributed by atoms with van der Waals surface area (Å²) in [5, 5.41) is 11.0.